The van der Waals surface area contributed by atoms with Crippen molar-refractivity contribution in [1.82, 2.24) is 25.0 Å². The number of halogens is 1. The van der Waals surface area contributed by atoms with E-state index in [1.54, 1.807) is 30.2 Å². The molecule has 0 atom stereocenters. The monoisotopic (exact) mass is 313 g/mol. The molecule has 23 heavy (non-hydrogen) atoms. The van der Waals surface area contributed by atoms with E-state index < -0.39 is 11.5 Å². The minimum absolute atomic E-state index is 0.0590. The second-order valence-corrected chi connectivity index (χ2v) is 5.91. The summed E-state index contributed by atoms with van der Waals surface area (Å²) in [5.41, 5.74) is 0.652. The van der Waals surface area contributed by atoms with Crippen molar-refractivity contribution in [2.24, 2.45) is 7.05 Å². The molecular weight excluding hydrogens is 297 g/mol. The largest absolute Gasteiger partial charge is 0.296 e. The molecule has 118 valence electrons. The van der Waals surface area contributed by atoms with E-state index >= 15 is 0 Å². The van der Waals surface area contributed by atoms with Gasteiger partial charge < -0.3 is 0 Å². The number of ketones is 1. The summed E-state index contributed by atoms with van der Waals surface area (Å²) in [4.78, 5) is 20.5. The van der Waals surface area contributed by atoms with Crippen molar-refractivity contribution < 1.29 is 9.18 Å². The Morgan fingerprint density at radius 3 is 2.74 bits per heavy atom. The average Bonchev–Trinajstić information content (AvgIpc) is 2.92. The van der Waals surface area contributed by atoms with E-state index in [9.17, 15) is 9.18 Å². The van der Waals surface area contributed by atoms with Gasteiger partial charge in [0.05, 0.1) is 29.5 Å². The van der Waals surface area contributed by atoms with Crippen molar-refractivity contribution in [3.05, 3.63) is 36.3 Å². The van der Waals surface area contributed by atoms with Crippen LogP contribution in [0.1, 0.15) is 19.5 Å². The van der Waals surface area contributed by atoms with Gasteiger partial charge in [0.1, 0.15) is 5.69 Å². The third-order valence-corrected chi connectivity index (χ3v) is 3.50. The quantitative estimate of drug-likeness (QED) is 0.739. The molecule has 0 aliphatic heterocycles. The number of hydrogen-bond donors (Lipinski definition) is 0. The summed E-state index contributed by atoms with van der Waals surface area (Å²) in [6.45, 7) is 2.50. The van der Waals surface area contributed by atoms with Gasteiger partial charge in [-0.3, -0.25) is 14.5 Å². The maximum atomic E-state index is 13.7. The third-order valence-electron chi connectivity index (χ3n) is 3.50. The average molecular weight is 313 g/mol. The second kappa shape index (κ2) is 5.49. The number of Topliss-reactive ketones (excluding diaryl/α,β-unsaturated/α-hetero) is 1. The van der Waals surface area contributed by atoms with Crippen LogP contribution in [0.15, 0.2) is 30.6 Å². The topological polar surface area (TPSA) is 73.6 Å². The molecule has 0 aliphatic carbocycles. The molecule has 0 aromatic carbocycles. The molecule has 0 radical (unpaired) electrons. The predicted molar refractivity (Wildman–Crippen MR) is 83.4 cm³/mol. The summed E-state index contributed by atoms with van der Waals surface area (Å²) in [5.74, 6) is -0.505. The first-order chi connectivity index (χ1) is 10.8. The van der Waals surface area contributed by atoms with Crippen molar-refractivity contribution >= 4 is 16.7 Å². The highest BCUT2D eigenvalue weighted by atomic mass is 19.1. The van der Waals surface area contributed by atoms with Crippen molar-refractivity contribution in [3.8, 4) is 11.4 Å². The number of carbonyl (C=O) groups is 1. The van der Waals surface area contributed by atoms with Crippen molar-refractivity contribution in [2.75, 3.05) is 0 Å². The number of aromatic nitrogens is 5. The van der Waals surface area contributed by atoms with Gasteiger partial charge >= 0.3 is 0 Å². The minimum atomic E-state index is -1.87. The number of rotatable bonds is 4. The zero-order chi connectivity index (χ0) is 16.6. The Morgan fingerprint density at radius 2 is 2.09 bits per heavy atom. The number of carbonyl (C=O) groups excluding carboxylic acids is 1. The van der Waals surface area contributed by atoms with Crippen LogP contribution in [-0.4, -0.2) is 36.4 Å². The normalized spacial score (nSPS) is 11.8. The van der Waals surface area contributed by atoms with E-state index in [-0.39, 0.29) is 6.42 Å². The summed E-state index contributed by atoms with van der Waals surface area (Å²) < 4.78 is 15.3. The predicted octanol–water partition coefficient (Wildman–Crippen LogP) is 2.29. The van der Waals surface area contributed by atoms with Crippen LogP contribution in [0.4, 0.5) is 4.39 Å². The smallest absolute Gasteiger partial charge is 0.175 e. The van der Waals surface area contributed by atoms with E-state index in [2.05, 4.69) is 20.3 Å². The fourth-order valence-electron chi connectivity index (χ4n) is 2.14. The lowest BCUT2D eigenvalue weighted by Crippen LogP contribution is -2.27. The molecule has 3 aromatic rings. The Labute approximate surface area is 132 Å². The van der Waals surface area contributed by atoms with E-state index in [0.717, 1.165) is 5.39 Å². The molecule has 0 fully saturated rings. The minimum Gasteiger partial charge on any atom is -0.296 e. The lowest BCUT2D eigenvalue weighted by atomic mass is 10.0. The van der Waals surface area contributed by atoms with Gasteiger partial charge in [-0.15, -0.1) is 5.10 Å². The summed E-state index contributed by atoms with van der Waals surface area (Å²) in [6.07, 6.45) is 3.35. The van der Waals surface area contributed by atoms with Crippen LogP contribution in [0.5, 0.6) is 0 Å². The number of hydrogen-bond acceptors (Lipinski definition) is 5. The van der Waals surface area contributed by atoms with Gasteiger partial charge in [0.25, 0.3) is 0 Å². The standard InChI is InChI=1S/C16H16FN5O/c1-16(2,17)15(23)7-11-6-13-10(8-18-11)4-5-12(19-13)14-9-22(3)21-20-14/h4-6,8-9H,7H2,1-3H3. The molecule has 0 N–H and O–H groups in total. The highest BCUT2D eigenvalue weighted by Crippen LogP contribution is 2.20. The Balaban J connectivity index is 1.96. The van der Waals surface area contributed by atoms with Crippen LogP contribution >= 0.6 is 0 Å². The summed E-state index contributed by atoms with van der Waals surface area (Å²) >= 11 is 0. The van der Waals surface area contributed by atoms with E-state index in [4.69, 9.17) is 0 Å². The molecule has 0 saturated carbocycles. The molecule has 3 aromatic heterocycles. The molecule has 0 spiro atoms. The molecule has 0 saturated heterocycles. The summed E-state index contributed by atoms with van der Waals surface area (Å²) in [7, 11) is 1.78. The van der Waals surface area contributed by atoms with E-state index in [1.807, 2.05) is 12.1 Å². The first kappa shape index (κ1) is 15.2. The zero-order valence-corrected chi connectivity index (χ0v) is 13.1. The Hall–Kier alpha value is -2.70. The SMILES string of the molecule is Cn1cc(-c2ccc3cnc(CC(=O)C(C)(C)F)cc3n2)nn1. The van der Waals surface area contributed by atoms with Crippen molar-refractivity contribution in [2.45, 2.75) is 25.9 Å². The van der Waals surface area contributed by atoms with Crippen LogP contribution in [-0.2, 0) is 18.3 Å². The molecule has 3 rings (SSSR count). The van der Waals surface area contributed by atoms with E-state index in [1.165, 1.54) is 13.8 Å². The molecule has 0 aliphatic rings. The van der Waals surface area contributed by atoms with Gasteiger partial charge in [0.15, 0.2) is 11.5 Å². The van der Waals surface area contributed by atoms with Crippen molar-refractivity contribution in [1.29, 1.82) is 0 Å². The van der Waals surface area contributed by atoms with Crippen LogP contribution in [0.3, 0.4) is 0 Å². The molecular formula is C16H16FN5O. The third kappa shape index (κ3) is 3.23. The fourth-order valence-corrected chi connectivity index (χ4v) is 2.14. The number of pyridine rings is 2. The lowest BCUT2D eigenvalue weighted by Gasteiger charge is -2.12. The maximum absolute atomic E-state index is 13.7. The lowest BCUT2D eigenvalue weighted by molar-refractivity contribution is -0.127. The summed E-state index contributed by atoms with van der Waals surface area (Å²) in [6, 6.07) is 5.42. The van der Waals surface area contributed by atoms with Gasteiger partial charge in [0, 0.05) is 18.6 Å². The first-order valence-corrected chi connectivity index (χ1v) is 7.17. The van der Waals surface area contributed by atoms with Gasteiger partial charge in [-0.05, 0) is 32.0 Å². The highest BCUT2D eigenvalue weighted by molar-refractivity contribution is 5.89. The van der Waals surface area contributed by atoms with E-state index in [0.29, 0.717) is 22.6 Å². The molecule has 0 amide bonds. The number of alkyl halides is 1. The number of nitrogens with zero attached hydrogens (tertiary/aromatic N) is 5. The highest BCUT2D eigenvalue weighted by Gasteiger charge is 2.26. The second-order valence-electron chi connectivity index (χ2n) is 5.91. The molecule has 7 heteroatoms. The van der Waals surface area contributed by atoms with Crippen LogP contribution in [0.25, 0.3) is 22.3 Å². The number of fused-ring (bicyclic) bond motifs is 1. The molecule has 3 heterocycles. The van der Waals surface area contributed by atoms with Crippen LogP contribution < -0.4 is 0 Å². The van der Waals surface area contributed by atoms with Gasteiger partial charge in [-0.25, -0.2) is 9.37 Å². The van der Waals surface area contributed by atoms with Crippen LogP contribution in [0.2, 0.25) is 0 Å². The first-order valence-electron chi connectivity index (χ1n) is 7.17. The van der Waals surface area contributed by atoms with Gasteiger partial charge in [0.2, 0.25) is 0 Å². The zero-order valence-electron chi connectivity index (χ0n) is 13.1. The Morgan fingerprint density at radius 1 is 1.30 bits per heavy atom. The molecule has 6 nitrogen and oxygen atoms in total. The Kier molecular flexibility index (Phi) is 3.63. The molecule has 0 bridgehead atoms. The number of aryl methyl sites for hydroxylation is 1. The Bertz CT molecular complexity index is 882. The van der Waals surface area contributed by atoms with Gasteiger partial charge in [-0.2, -0.15) is 0 Å². The summed E-state index contributed by atoms with van der Waals surface area (Å²) in [5, 5.41) is 8.75. The maximum Gasteiger partial charge on any atom is 0.175 e. The van der Waals surface area contributed by atoms with Crippen LogP contribution in [0, 0.1) is 0 Å². The van der Waals surface area contributed by atoms with Crippen molar-refractivity contribution in [3.63, 3.8) is 0 Å². The fraction of sp³-hybridized carbons (Fsp3) is 0.312. The van der Waals surface area contributed by atoms with Gasteiger partial charge in [-0.1, -0.05) is 5.21 Å². The molecule has 0 unspecified atom stereocenters.